The summed E-state index contributed by atoms with van der Waals surface area (Å²) in [5.74, 6) is 3.09. The lowest BCUT2D eigenvalue weighted by Gasteiger charge is -2.20. The van der Waals surface area contributed by atoms with Crippen LogP contribution >= 0.6 is 24.0 Å². The Bertz CT molecular complexity index is 848. The molecule has 7 nitrogen and oxygen atoms in total. The first-order chi connectivity index (χ1) is 15.6. The Morgan fingerprint density at radius 1 is 0.970 bits per heavy atom. The fourth-order valence-electron chi connectivity index (χ4n) is 3.14. The van der Waals surface area contributed by atoms with Crippen LogP contribution in [-0.2, 0) is 11.3 Å². The van der Waals surface area contributed by atoms with Crippen LogP contribution in [0.2, 0.25) is 0 Å². The van der Waals surface area contributed by atoms with Crippen LogP contribution in [0, 0.1) is 0 Å². The molecule has 0 radical (unpaired) electrons. The van der Waals surface area contributed by atoms with Crippen molar-refractivity contribution < 1.29 is 18.9 Å². The van der Waals surface area contributed by atoms with Crippen molar-refractivity contribution in [2.45, 2.75) is 39.8 Å². The van der Waals surface area contributed by atoms with Gasteiger partial charge in [0, 0.05) is 33.7 Å². The molecule has 0 heterocycles. The number of hydrogen-bond acceptors (Lipinski definition) is 5. The van der Waals surface area contributed by atoms with Gasteiger partial charge in [-0.25, -0.2) is 0 Å². The molecule has 2 aromatic carbocycles. The zero-order valence-corrected chi connectivity index (χ0v) is 22.7. The van der Waals surface area contributed by atoms with Crippen molar-refractivity contribution in [2.75, 3.05) is 40.6 Å². The van der Waals surface area contributed by atoms with Crippen LogP contribution in [0.3, 0.4) is 0 Å². The first kappa shape index (κ1) is 28.8. The van der Waals surface area contributed by atoms with Gasteiger partial charge in [0.1, 0.15) is 5.75 Å². The number of nitrogens with one attached hydrogen (secondary N) is 2. The lowest BCUT2D eigenvalue weighted by molar-refractivity contribution is 0.172. The van der Waals surface area contributed by atoms with E-state index in [-0.39, 0.29) is 30.0 Å². The molecule has 0 aliphatic rings. The number of aliphatic imine (C=N–C) groups is 1. The molecule has 0 saturated heterocycles. The summed E-state index contributed by atoms with van der Waals surface area (Å²) in [5.41, 5.74) is 2.20. The highest BCUT2D eigenvalue weighted by Gasteiger charge is 2.12. The highest BCUT2D eigenvalue weighted by Crippen LogP contribution is 2.30. The molecule has 1 atom stereocenters. The van der Waals surface area contributed by atoms with Gasteiger partial charge in [-0.05, 0) is 56.2 Å². The highest BCUT2D eigenvalue weighted by molar-refractivity contribution is 14.0. The minimum absolute atomic E-state index is 0. The summed E-state index contributed by atoms with van der Waals surface area (Å²) >= 11 is 0. The van der Waals surface area contributed by atoms with Gasteiger partial charge in [0.25, 0.3) is 0 Å². The Morgan fingerprint density at radius 2 is 1.73 bits per heavy atom. The number of nitrogens with zero attached hydrogens (tertiary/aromatic N) is 1. The third-order valence-corrected chi connectivity index (χ3v) is 4.76. The monoisotopic (exact) mass is 571 g/mol. The van der Waals surface area contributed by atoms with E-state index in [0.717, 1.165) is 40.8 Å². The van der Waals surface area contributed by atoms with Crippen LogP contribution in [0.4, 0.5) is 0 Å². The lowest BCUT2D eigenvalue weighted by atomic mass is 10.1. The van der Waals surface area contributed by atoms with Gasteiger partial charge in [-0.3, -0.25) is 4.99 Å². The molecule has 0 bridgehead atoms. The Kier molecular flexibility index (Phi) is 14.3. The number of benzene rings is 2. The lowest BCUT2D eigenvalue weighted by Crippen LogP contribution is -2.38. The van der Waals surface area contributed by atoms with Gasteiger partial charge < -0.3 is 29.6 Å². The zero-order valence-electron chi connectivity index (χ0n) is 20.3. The van der Waals surface area contributed by atoms with E-state index in [4.69, 9.17) is 18.9 Å². The number of ether oxygens (including phenoxy) is 4. The second-order valence-corrected chi connectivity index (χ2v) is 7.21. The van der Waals surface area contributed by atoms with Crippen LogP contribution in [0.15, 0.2) is 47.5 Å². The summed E-state index contributed by atoms with van der Waals surface area (Å²) < 4.78 is 22.3. The maximum Gasteiger partial charge on any atom is 0.191 e. The average Bonchev–Trinajstić information content (AvgIpc) is 2.81. The Hall–Kier alpha value is -2.20. The maximum absolute atomic E-state index is 5.79. The molecule has 0 spiro atoms. The van der Waals surface area contributed by atoms with Gasteiger partial charge in [0.2, 0.25) is 0 Å². The standard InChI is InChI=1S/C25H37N3O4.HI/c1-6-30-23-13-12-21(17-24(23)31-7-2)19(3)28-25(26-4)27-18-20-10-8-11-22(16-20)32-15-9-14-29-5;/h8,10-13,16-17,19H,6-7,9,14-15,18H2,1-5H3,(H2,26,27,28);1H. The van der Waals surface area contributed by atoms with Crippen LogP contribution < -0.4 is 24.8 Å². The number of rotatable bonds is 13. The first-order valence-electron chi connectivity index (χ1n) is 11.2. The fourth-order valence-corrected chi connectivity index (χ4v) is 3.14. The van der Waals surface area contributed by atoms with E-state index in [1.807, 2.05) is 50.2 Å². The summed E-state index contributed by atoms with van der Waals surface area (Å²) in [6.07, 6.45) is 0.865. The molecule has 0 fully saturated rings. The molecular formula is C25H38IN3O4. The number of guanidine groups is 1. The Labute approximate surface area is 215 Å². The van der Waals surface area contributed by atoms with E-state index in [1.165, 1.54) is 0 Å². The molecule has 0 saturated carbocycles. The third-order valence-electron chi connectivity index (χ3n) is 4.76. The average molecular weight is 572 g/mol. The molecule has 2 rings (SSSR count). The number of hydrogen-bond donors (Lipinski definition) is 2. The van der Waals surface area contributed by atoms with Crippen LogP contribution in [-0.4, -0.2) is 46.5 Å². The molecule has 2 N–H and O–H groups in total. The van der Waals surface area contributed by atoms with Crippen LogP contribution in [0.5, 0.6) is 17.2 Å². The Morgan fingerprint density at radius 3 is 2.42 bits per heavy atom. The van der Waals surface area contributed by atoms with Crippen LogP contribution in [0.1, 0.15) is 44.4 Å². The van der Waals surface area contributed by atoms with Crippen LogP contribution in [0.25, 0.3) is 0 Å². The van der Waals surface area contributed by atoms with Crippen molar-refractivity contribution in [1.29, 1.82) is 0 Å². The molecule has 33 heavy (non-hydrogen) atoms. The van der Waals surface area contributed by atoms with Crippen molar-refractivity contribution in [1.82, 2.24) is 10.6 Å². The predicted molar refractivity (Wildman–Crippen MR) is 144 cm³/mol. The van der Waals surface area contributed by atoms with E-state index in [9.17, 15) is 0 Å². The Balaban J connectivity index is 0.00000544. The third kappa shape index (κ3) is 10.1. The highest BCUT2D eigenvalue weighted by atomic mass is 127. The van der Waals surface area contributed by atoms with Gasteiger partial charge in [-0.2, -0.15) is 0 Å². The molecular weight excluding hydrogens is 533 g/mol. The second-order valence-electron chi connectivity index (χ2n) is 7.21. The molecule has 0 aliphatic carbocycles. The summed E-state index contributed by atoms with van der Waals surface area (Å²) in [4.78, 5) is 4.36. The SMILES string of the molecule is CCOc1ccc(C(C)NC(=NC)NCc2cccc(OCCCOC)c2)cc1OCC.I. The number of methoxy groups -OCH3 is 1. The normalized spacial score (nSPS) is 11.8. The largest absolute Gasteiger partial charge is 0.493 e. The van der Waals surface area contributed by atoms with Crippen molar-refractivity contribution in [2.24, 2.45) is 4.99 Å². The minimum Gasteiger partial charge on any atom is -0.493 e. The van der Waals surface area contributed by atoms with E-state index in [2.05, 4.69) is 28.6 Å². The second kappa shape index (κ2) is 16.4. The van der Waals surface area contributed by atoms with Gasteiger partial charge in [-0.15, -0.1) is 24.0 Å². The van der Waals surface area contributed by atoms with Crippen molar-refractivity contribution in [3.63, 3.8) is 0 Å². The van der Waals surface area contributed by atoms with E-state index in [0.29, 0.717) is 33.0 Å². The quantitative estimate of drug-likeness (QED) is 0.154. The van der Waals surface area contributed by atoms with E-state index < -0.39 is 0 Å². The molecule has 184 valence electrons. The van der Waals surface area contributed by atoms with E-state index >= 15 is 0 Å². The van der Waals surface area contributed by atoms with E-state index in [1.54, 1.807) is 14.2 Å². The summed E-state index contributed by atoms with van der Waals surface area (Å²) in [5, 5.41) is 6.80. The number of halogens is 1. The molecule has 8 heteroatoms. The summed E-state index contributed by atoms with van der Waals surface area (Å²) in [6.45, 7) is 9.18. The van der Waals surface area contributed by atoms with Gasteiger partial charge in [0.15, 0.2) is 17.5 Å². The topological polar surface area (TPSA) is 73.3 Å². The summed E-state index contributed by atoms with van der Waals surface area (Å²) in [7, 11) is 3.46. The molecule has 1 unspecified atom stereocenters. The maximum atomic E-state index is 5.79. The zero-order chi connectivity index (χ0) is 23.2. The van der Waals surface area contributed by atoms with Gasteiger partial charge >= 0.3 is 0 Å². The molecule has 0 aliphatic heterocycles. The molecule has 2 aromatic rings. The van der Waals surface area contributed by atoms with Crippen molar-refractivity contribution >= 4 is 29.9 Å². The summed E-state index contributed by atoms with van der Waals surface area (Å²) in [6, 6.07) is 14.1. The first-order valence-corrected chi connectivity index (χ1v) is 11.2. The smallest absolute Gasteiger partial charge is 0.191 e. The predicted octanol–water partition coefficient (Wildman–Crippen LogP) is 4.94. The molecule has 0 aromatic heterocycles. The molecule has 0 amide bonds. The fraction of sp³-hybridized carbons (Fsp3) is 0.480. The van der Waals surface area contributed by atoms with Gasteiger partial charge in [-0.1, -0.05) is 18.2 Å². The van der Waals surface area contributed by atoms with Crippen molar-refractivity contribution in [3.8, 4) is 17.2 Å². The van der Waals surface area contributed by atoms with Crippen molar-refractivity contribution in [3.05, 3.63) is 53.6 Å². The van der Waals surface area contributed by atoms with Gasteiger partial charge in [0.05, 0.1) is 25.9 Å². The minimum atomic E-state index is 0.